The number of amides is 1. The minimum atomic E-state index is -0.244. The lowest BCUT2D eigenvalue weighted by atomic mass is 10.0. The van der Waals surface area contributed by atoms with Crippen LogP contribution in [-0.4, -0.2) is 33.8 Å². The van der Waals surface area contributed by atoms with E-state index in [0.717, 1.165) is 29.8 Å². The number of nitrogens with zero attached hydrogens (tertiary/aromatic N) is 3. The van der Waals surface area contributed by atoms with Crippen LogP contribution in [0.15, 0.2) is 54.6 Å². The molecular weight excluding hydrogens is 455 g/mol. The molecule has 1 amide bonds. The zero-order valence-electron chi connectivity index (χ0n) is 16.9. The Morgan fingerprint density at radius 3 is 2.45 bits per heavy atom. The minimum absolute atomic E-state index is 0.244. The summed E-state index contributed by atoms with van der Waals surface area (Å²) in [4.78, 5) is 13.2. The van der Waals surface area contributed by atoms with Crippen LogP contribution < -0.4 is 5.43 Å². The highest BCUT2D eigenvalue weighted by Gasteiger charge is 2.25. The average Bonchev–Trinajstić information content (AvgIpc) is 3.14. The SMILES string of the molecule is CCc1c(C(=O)NN2CC=CCC2)nn(-c2ccc(Cl)cc2Cl)c1-c1ccc(Cl)cc1. The fraction of sp³-hybridized carbons (Fsp3) is 0.217. The number of carbonyl (C=O) groups excluding carboxylic acids is 1. The Morgan fingerprint density at radius 1 is 1.06 bits per heavy atom. The molecule has 5 nitrogen and oxygen atoms in total. The van der Waals surface area contributed by atoms with Gasteiger partial charge in [-0.15, -0.1) is 0 Å². The van der Waals surface area contributed by atoms with E-state index in [1.807, 2.05) is 42.3 Å². The van der Waals surface area contributed by atoms with Crippen LogP contribution in [-0.2, 0) is 6.42 Å². The van der Waals surface area contributed by atoms with Crippen LogP contribution in [0.1, 0.15) is 29.4 Å². The summed E-state index contributed by atoms with van der Waals surface area (Å²) in [5, 5.41) is 8.20. The topological polar surface area (TPSA) is 50.2 Å². The second kappa shape index (κ2) is 9.45. The van der Waals surface area contributed by atoms with Crippen molar-refractivity contribution in [2.24, 2.45) is 0 Å². The number of halogens is 3. The van der Waals surface area contributed by atoms with Crippen LogP contribution in [0.2, 0.25) is 15.1 Å². The third-order valence-corrected chi connectivity index (χ3v) is 5.92. The van der Waals surface area contributed by atoms with Crippen LogP contribution in [0.3, 0.4) is 0 Å². The van der Waals surface area contributed by atoms with E-state index < -0.39 is 0 Å². The van der Waals surface area contributed by atoms with Gasteiger partial charge in [-0.2, -0.15) is 5.10 Å². The number of hydrogen-bond acceptors (Lipinski definition) is 3. The van der Waals surface area contributed by atoms with Crippen molar-refractivity contribution < 1.29 is 4.79 Å². The Kier molecular flexibility index (Phi) is 6.68. The second-order valence-electron chi connectivity index (χ2n) is 7.19. The Morgan fingerprint density at radius 2 is 1.81 bits per heavy atom. The summed E-state index contributed by atoms with van der Waals surface area (Å²) in [6.45, 7) is 3.43. The summed E-state index contributed by atoms with van der Waals surface area (Å²) in [6, 6.07) is 12.7. The molecule has 0 radical (unpaired) electrons. The average molecular weight is 476 g/mol. The Hall–Kier alpha value is -2.31. The molecule has 8 heteroatoms. The van der Waals surface area contributed by atoms with Crippen LogP contribution in [0.25, 0.3) is 16.9 Å². The van der Waals surface area contributed by atoms with Crippen molar-refractivity contribution in [3.05, 3.63) is 80.9 Å². The van der Waals surface area contributed by atoms with Gasteiger partial charge < -0.3 is 0 Å². The molecule has 1 N–H and O–H groups in total. The highest BCUT2D eigenvalue weighted by atomic mass is 35.5. The Bertz CT molecular complexity index is 1140. The zero-order chi connectivity index (χ0) is 22.0. The fourth-order valence-electron chi connectivity index (χ4n) is 3.64. The first-order chi connectivity index (χ1) is 15.0. The first-order valence-electron chi connectivity index (χ1n) is 10.0. The molecule has 2 heterocycles. The van der Waals surface area contributed by atoms with Crippen molar-refractivity contribution in [3.8, 4) is 16.9 Å². The lowest BCUT2D eigenvalue weighted by Crippen LogP contribution is -2.44. The summed E-state index contributed by atoms with van der Waals surface area (Å²) in [5.41, 5.74) is 6.51. The number of carbonyl (C=O) groups is 1. The van der Waals surface area contributed by atoms with Crippen molar-refractivity contribution in [3.63, 3.8) is 0 Å². The lowest BCUT2D eigenvalue weighted by Gasteiger charge is -2.23. The van der Waals surface area contributed by atoms with Gasteiger partial charge in [0.1, 0.15) is 0 Å². The monoisotopic (exact) mass is 474 g/mol. The molecule has 1 aliphatic heterocycles. The normalized spacial score (nSPS) is 14.1. The van der Waals surface area contributed by atoms with Gasteiger partial charge in [-0.3, -0.25) is 10.2 Å². The minimum Gasteiger partial charge on any atom is -0.283 e. The Balaban J connectivity index is 1.85. The summed E-state index contributed by atoms with van der Waals surface area (Å²) in [6.07, 6.45) is 5.66. The number of benzene rings is 2. The van der Waals surface area contributed by atoms with Gasteiger partial charge in [-0.1, -0.05) is 66.0 Å². The number of hydrazine groups is 1. The lowest BCUT2D eigenvalue weighted by molar-refractivity contribution is 0.0797. The molecule has 1 aromatic heterocycles. The van der Waals surface area contributed by atoms with E-state index in [2.05, 4.69) is 11.5 Å². The van der Waals surface area contributed by atoms with Crippen LogP contribution in [0.5, 0.6) is 0 Å². The molecular formula is C23H21Cl3N4O. The molecule has 0 atom stereocenters. The first-order valence-corrected chi connectivity index (χ1v) is 11.2. The molecule has 1 aliphatic rings. The Labute approximate surface area is 196 Å². The number of rotatable bonds is 5. The predicted molar refractivity (Wildman–Crippen MR) is 126 cm³/mol. The highest BCUT2D eigenvalue weighted by molar-refractivity contribution is 6.35. The molecule has 160 valence electrons. The quantitative estimate of drug-likeness (QED) is 0.463. The predicted octanol–water partition coefficient (Wildman–Crippen LogP) is 5.97. The number of aromatic nitrogens is 2. The van der Waals surface area contributed by atoms with Crippen molar-refractivity contribution in [1.29, 1.82) is 0 Å². The van der Waals surface area contributed by atoms with Gasteiger partial charge in [-0.25, -0.2) is 9.69 Å². The maximum Gasteiger partial charge on any atom is 0.286 e. The summed E-state index contributed by atoms with van der Waals surface area (Å²) >= 11 is 18.7. The van der Waals surface area contributed by atoms with E-state index in [0.29, 0.717) is 39.4 Å². The van der Waals surface area contributed by atoms with Gasteiger partial charge in [0.2, 0.25) is 0 Å². The van der Waals surface area contributed by atoms with Gasteiger partial charge in [0.05, 0.1) is 16.4 Å². The molecule has 0 fully saturated rings. The molecule has 0 unspecified atom stereocenters. The molecule has 3 aromatic rings. The van der Waals surface area contributed by atoms with E-state index in [4.69, 9.17) is 39.9 Å². The number of nitrogens with one attached hydrogen (secondary N) is 1. The van der Waals surface area contributed by atoms with E-state index in [1.54, 1.807) is 22.9 Å². The zero-order valence-corrected chi connectivity index (χ0v) is 19.2. The van der Waals surface area contributed by atoms with Gasteiger partial charge in [0.15, 0.2) is 5.69 Å². The fourth-order valence-corrected chi connectivity index (χ4v) is 4.25. The van der Waals surface area contributed by atoms with Crippen molar-refractivity contribution in [2.75, 3.05) is 13.1 Å². The molecule has 0 aliphatic carbocycles. The first kappa shape index (κ1) is 21.9. The third-order valence-electron chi connectivity index (χ3n) is 5.13. The second-order valence-corrected chi connectivity index (χ2v) is 8.47. The van der Waals surface area contributed by atoms with Gasteiger partial charge >= 0.3 is 0 Å². The highest BCUT2D eigenvalue weighted by Crippen LogP contribution is 2.34. The van der Waals surface area contributed by atoms with Crippen molar-refractivity contribution >= 4 is 40.7 Å². The smallest absolute Gasteiger partial charge is 0.283 e. The third kappa shape index (κ3) is 4.65. The van der Waals surface area contributed by atoms with Crippen LogP contribution in [0.4, 0.5) is 0 Å². The van der Waals surface area contributed by atoms with E-state index in [9.17, 15) is 4.79 Å². The van der Waals surface area contributed by atoms with Gasteiger partial charge in [0, 0.05) is 34.3 Å². The molecule has 2 aromatic carbocycles. The number of hydrogen-bond donors (Lipinski definition) is 1. The van der Waals surface area contributed by atoms with E-state index >= 15 is 0 Å². The van der Waals surface area contributed by atoms with Crippen molar-refractivity contribution in [2.45, 2.75) is 19.8 Å². The molecule has 0 saturated carbocycles. The molecule has 31 heavy (non-hydrogen) atoms. The summed E-state index contributed by atoms with van der Waals surface area (Å²) in [7, 11) is 0. The molecule has 0 bridgehead atoms. The largest absolute Gasteiger partial charge is 0.286 e. The summed E-state index contributed by atoms with van der Waals surface area (Å²) in [5.74, 6) is -0.244. The summed E-state index contributed by atoms with van der Waals surface area (Å²) < 4.78 is 1.71. The van der Waals surface area contributed by atoms with Crippen LogP contribution in [0, 0.1) is 0 Å². The van der Waals surface area contributed by atoms with Gasteiger partial charge in [0.25, 0.3) is 5.91 Å². The van der Waals surface area contributed by atoms with Gasteiger partial charge in [-0.05, 0) is 43.2 Å². The van der Waals surface area contributed by atoms with Crippen LogP contribution >= 0.6 is 34.8 Å². The van der Waals surface area contributed by atoms with E-state index in [-0.39, 0.29) is 5.91 Å². The molecule has 0 saturated heterocycles. The molecule has 0 spiro atoms. The van der Waals surface area contributed by atoms with Crippen molar-refractivity contribution in [1.82, 2.24) is 20.2 Å². The van der Waals surface area contributed by atoms with E-state index in [1.165, 1.54) is 0 Å². The standard InChI is InChI=1S/C23H21Cl3N4O/c1-2-18-21(23(31)28-29-12-4-3-5-13-29)27-30(20-11-10-17(25)14-19(20)26)22(18)15-6-8-16(24)9-7-15/h3-4,6-11,14H,2,5,12-13H2,1H3,(H,28,31). The maximum atomic E-state index is 13.2. The maximum absolute atomic E-state index is 13.2. The molecule has 4 rings (SSSR count).